The molecule has 2 aromatic heterocycles. The van der Waals surface area contributed by atoms with Crippen molar-refractivity contribution >= 4 is 26.7 Å². The summed E-state index contributed by atoms with van der Waals surface area (Å²) < 4.78 is 31.8. The molecule has 0 unspecified atom stereocenters. The highest BCUT2D eigenvalue weighted by Gasteiger charge is 2.30. The fourth-order valence-electron chi connectivity index (χ4n) is 4.19. The average Bonchev–Trinajstić information content (AvgIpc) is 3.44. The second-order valence-corrected chi connectivity index (χ2v) is 9.22. The van der Waals surface area contributed by atoms with Gasteiger partial charge in [0.05, 0.1) is 15.9 Å². The van der Waals surface area contributed by atoms with E-state index in [0.717, 1.165) is 28.1 Å². The van der Waals surface area contributed by atoms with Crippen LogP contribution in [0.3, 0.4) is 0 Å². The maximum Gasteiger partial charge on any atom is 0.238 e. The summed E-state index contributed by atoms with van der Waals surface area (Å²) in [5.74, 6) is 2.09. The van der Waals surface area contributed by atoms with Crippen molar-refractivity contribution in [3.05, 3.63) is 90.7 Å². The molecule has 8 heteroatoms. The molecule has 32 heavy (non-hydrogen) atoms. The number of nitrogens with zero attached hydrogens (tertiary/aromatic N) is 2. The van der Waals surface area contributed by atoms with E-state index >= 15 is 0 Å². The normalized spacial score (nSPS) is 15.2. The zero-order valence-corrected chi connectivity index (χ0v) is 17.6. The number of aromatic nitrogens is 2. The molecule has 0 saturated heterocycles. The van der Waals surface area contributed by atoms with E-state index in [-0.39, 0.29) is 11.1 Å². The molecule has 5 aromatic rings. The molecule has 0 spiro atoms. The number of nitrogens with one attached hydrogen (secondary N) is 1. The molecule has 0 fully saturated rings. The van der Waals surface area contributed by atoms with Gasteiger partial charge in [-0.25, -0.2) is 18.5 Å². The van der Waals surface area contributed by atoms with Crippen LogP contribution in [-0.2, 0) is 10.0 Å². The van der Waals surface area contributed by atoms with Crippen molar-refractivity contribution < 1.29 is 12.8 Å². The number of imidazole rings is 1. The molecule has 1 aliphatic rings. The van der Waals surface area contributed by atoms with Gasteiger partial charge in [0.15, 0.2) is 6.17 Å². The van der Waals surface area contributed by atoms with Gasteiger partial charge in [0.2, 0.25) is 10.0 Å². The summed E-state index contributed by atoms with van der Waals surface area (Å²) in [7, 11) is -3.80. The average molecular weight is 443 g/mol. The maximum absolute atomic E-state index is 11.7. The summed E-state index contributed by atoms with van der Waals surface area (Å²) >= 11 is 0. The monoisotopic (exact) mass is 442 g/mol. The van der Waals surface area contributed by atoms with Crippen molar-refractivity contribution in [1.29, 1.82) is 0 Å². The van der Waals surface area contributed by atoms with Crippen LogP contribution in [0, 0.1) is 0 Å². The number of rotatable bonds is 3. The molecule has 158 valence electrons. The number of anilines is 1. The minimum atomic E-state index is -3.80. The van der Waals surface area contributed by atoms with Gasteiger partial charge < -0.3 is 9.73 Å². The van der Waals surface area contributed by atoms with E-state index in [0.29, 0.717) is 17.1 Å². The van der Waals surface area contributed by atoms with Gasteiger partial charge in [0, 0.05) is 16.8 Å². The van der Waals surface area contributed by atoms with Crippen LogP contribution in [0.5, 0.6) is 0 Å². The molecule has 3 heterocycles. The fraction of sp³-hybridized carbons (Fsp3) is 0.0417. The first-order valence-electron chi connectivity index (χ1n) is 10.0. The van der Waals surface area contributed by atoms with E-state index in [2.05, 4.69) is 9.88 Å². The molecule has 0 bridgehead atoms. The quantitative estimate of drug-likeness (QED) is 0.426. The second-order valence-electron chi connectivity index (χ2n) is 7.66. The van der Waals surface area contributed by atoms with Gasteiger partial charge in [0.25, 0.3) is 0 Å². The Morgan fingerprint density at radius 1 is 0.938 bits per heavy atom. The topological polar surface area (TPSA) is 103 Å². The first kappa shape index (κ1) is 18.9. The van der Waals surface area contributed by atoms with Crippen LogP contribution in [0.2, 0.25) is 0 Å². The lowest BCUT2D eigenvalue weighted by Gasteiger charge is -2.28. The van der Waals surface area contributed by atoms with E-state index in [1.807, 2.05) is 60.7 Å². The van der Waals surface area contributed by atoms with E-state index in [1.54, 1.807) is 12.1 Å². The number of nitrogens with two attached hydrogens (primary N) is 1. The number of hydrogen-bond donors (Lipinski definition) is 2. The molecule has 1 aliphatic heterocycles. The van der Waals surface area contributed by atoms with Crippen LogP contribution in [0.4, 0.5) is 5.69 Å². The maximum atomic E-state index is 11.7. The van der Waals surface area contributed by atoms with Crippen molar-refractivity contribution in [2.75, 3.05) is 5.32 Å². The minimum Gasteiger partial charge on any atom is -0.457 e. The Bertz CT molecular complexity index is 1600. The lowest BCUT2D eigenvalue weighted by molar-refractivity contribution is 0.465. The zero-order chi connectivity index (χ0) is 21.9. The molecule has 0 aliphatic carbocycles. The lowest BCUT2D eigenvalue weighted by atomic mass is 10.1. The standard InChI is InChI=1S/C24H18N4O3S/c25-32(29,30)16-7-5-6-15(14-16)21-12-13-22(31-21)24-26-18-9-2-1-8-17(18)23-27-19-10-3-4-11-20(19)28(23)24/h1-14,24,26H,(H2,25,29,30)/t24-/m1/s1. The van der Waals surface area contributed by atoms with Gasteiger partial charge in [-0.3, -0.25) is 4.57 Å². The van der Waals surface area contributed by atoms with Crippen LogP contribution in [-0.4, -0.2) is 18.0 Å². The third-order valence-corrected chi connectivity index (χ3v) is 6.57. The molecule has 6 rings (SSSR count). The Balaban J connectivity index is 1.49. The number of para-hydroxylation sites is 3. The predicted octanol–water partition coefficient (Wildman–Crippen LogP) is 4.58. The van der Waals surface area contributed by atoms with Crippen LogP contribution < -0.4 is 10.5 Å². The third-order valence-electron chi connectivity index (χ3n) is 5.66. The van der Waals surface area contributed by atoms with Crippen LogP contribution in [0.1, 0.15) is 11.9 Å². The summed E-state index contributed by atoms with van der Waals surface area (Å²) in [6.07, 6.45) is -0.317. The largest absolute Gasteiger partial charge is 0.457 e. The van der Waals surface area contributed by atoms with Crippen LogP contribution in [0.15, 0.2) is 94.2 Å². The number of fused-ring (bicyclic) bond motifs is 5. The number of benzene rings is 3. The summed E-state index contributed by atoms with van der Waals surface area (Å²) in [5.41, 5.74) is 4.51. The van der Waals surface area contributed by atoms with Crippen LogP contribution >= 0.6 is 0 Å². The highest BCUT2D eigenvalue weighted by atomic mass is 32.2. The molecule has 0 radical (unpaired) electrons. The van der Waals surface area contributed by atoms with Crippen molar-refractivity contribution in [2.45, 2.75) is 11.1 Å². The number of furan rings is 1. The van der Waals surface area contributed by atoms with Gasteiger partial charge in [-0.15, -0.1) is 0 Å². The summed E-state index contributed by atoms with van der Waals surface area (Å²) in [4.78, 5) is 4.92. The molecule has 7 nitrogen and oxygen atoms in total. The molecule has 0 saturated carbocycles. The van der Waals surface area contributed by atoms with Gasteiger partial charge in [0.1, 0.15) is 17.3 Å². The van der Waals surface area contributed by atoms with E-state index < -0.39 is 10.0 Å². The SMILES string of the molecule is NS(=O)(=O)c1cccc(-c2ccc([C@@H]3Nc4ccccc4-c4nc5ccccc5n43)o2)c1. The molecular formula is C24H18N4O3S. The van der Waals surface area contributed by atoms with Crippen molar-refractivity contribution in [1.82, 2.24) is 9.55 Å². The van der Waals surface area contributed by atoms with Crippen LogP contribution in [0.25, 0.3) is 33.7 Å². The van der Waals surface area contributed by atoms with E-state index in [9.17, 15) is 8.42 Å². The lowest BCUT2D eigenvalue weighted by Crippen LogP contribution is -2.24. The van der Waals surface area contributed by atoms with Crippen molar-refractivity contribution in [3.63, 3.8) is 0 Å². The highest BCUT2D eigenvalue weighted by Crippen LogP contribution is 2.41. The summed E-state index contributed by atoms with van der Waals surface area (Å²) in [5, 5.41) is 8.85. The molecule has 0 amide bonds. The van der Waals surface area contributed by atoms with Crippen molar-refractivity contribution in [3.8, 4) is 22.7 Å². The molecular weight excluding hydrogens is 424 g/mol. The van der Waals surface area contributed by atoms with Gasteiger partial charge in [-0.1, -0.05) is 36.4 Å². The van der Waals surface area contributed by atoms with Crippen molar-refractivity contribution in [2.24, 2.45) is 5.14 Å². The van der Waals surface area contributed by atoms with Gasteiger partial charge >= 0.3 is 0 Å². The molecule has 1 atom stereocenters. The van der Waals surface area contributed by atoms with Gasteiger partial charge in [-0.2, -0.15) is 0 Å². The Hall–Kier alpha value is -3.88. The van der Waals surface area contributed by atoms with Gasteiger partial charge in [-0.05, 0) is 48.5 Å². The molecule has 3 N–H and O–H groups in total. The highest BCUT2D eigenvalue weighted by molar-refractivity contribution is 7.89. The number of hydrogen-bond acceptors (Lipinski definition) is 5. The number of sulfonamides is 1. The summed E-state index contributed by atoms with van der Waals surface area (Å²) in [6, 6.07) is 26.2. The Kier molecular flexibility index (Phi) is 4.01. The Morgan fingerprint density at radius 3 is 2.62 bits per heavy atom. The third kappa shape index (κ3) is 2.92. The van der Waals surface area contributed by atoms with E-state index in [4.69, 9.17) is 14.5 Å². The Morgan fingerprint density at radius 2 is 1.75 bits per heavy atom. The zero-order valence-electron chi connectivity index (χ0n) is 16.8. The first-order chi connectivity index (χ1) is 15.5. The fourth-order valence-corrected chi connectivity index (χ4v) is 4.75. The molecule has 3 aromatic carbocycles. The first-order valence-corrected chi connectivity index (χ1v) is 11.6. The van der Waals surface area contributed by atoms with E-state index in [1.165, 1.54) is 12.1 Å². The summed E-state index contributed by atoms with van der Waals surface area (Å²) in [6.45, 7) is 0. The second kappa shape index (κ2) is 6.81. The predicted molar refractivity (Wildman–Crippen MR) is 122 cm³/mol. The Labute approximate surface area is 184 Å². The number of primary sulfonamides is 1. The minimum absolute atomic E-state index is 0.0422. The smallest absolute Gasteiger partial charge is 0.238 e.